The third kappa shape index (κ3) is 3.62. The number of hydrogen-bond donors (Lipinski definition) is 1. The van der Waals surface area contributed by atoms with Crippen LogP contribution in [-0.2, 0) is 10.2 Å². The molecule has 0 aromatic heterocycles. The van der Waals surface area contributed by atoms with Crippen LogP contribution in [-0.4, -0.2) is 37.5 Å². The number of nitrogens with one attached hydrogen (secondary N) is 1. The number of amides is 1. The number of rotatable bonds is 4. The Morgan fingerprint density at radius 3 is 2.58 bits per heavy atom. The first-order chi connectivity index (χ1) is 11.7. The van der Waals surface area contributed by atoms with E-state index in [4.69, 9.17) is 11.6 Å². The molecule has 0 radical (unpaired) electrons. The number of benzene rings is 1. The van der Waals surface area contributed by atoms with Crippen LogP contribution in [0, 0.1) is 5.92 Å². The number of carbonyl (C=O) groups excluding carboxylic acids is 1. The lowest BCUT2D eigenvalue weighted by atomic mass is 9.68. The minimum atomic E-state index is -0.348. The molecule has 1 aliphatic heterocycles. The van der Waals surface area contributed by atoms with Crippen LogP contribution in [0.1, 0.15) is 50.5 Å². The highest BCUT2D eigenvalue weighted by Crippen LogP contribution is 2.42. The molecule has 3 rings (SSSR count). The molecule has 24 heavy (non-hydrogen) atoms. The van der Waals surface area contributed by atoms with E-state index in [1.54, 1.807) is 0 Å². The molecule has 0 bridgehead atoms. The first kappa shape index (κ1) is 17.8. The molecule has 1 N–H and O–H groups in total. The fourth-order valence-corrected chi connectivity index (χ4v) is 4.69. The third-order valence-corrected chi connectivity index (χ3v) is 6.12. The summed E-state index contributed by atoms with van der Waals surface area (Å²) in [6.45, 7) is 2.85. The maximum absolute atomic E-state index is 13.5. The minimum absolute atomic E-state index is 0.340. The van der Waals surface area contributed by atoms with E-state index in [9.17, 15) is 4.79 Å². The Hall–Kier alpha value is -1.06. The maximum atomic E-state index is 13.5. The Morgan fingerprint density at radius 1 is 1.25 bits per heavy atom. The fraction of sp³-hybridized carbons (Fsp3) is 0.650. The molecule has 1 aliphatic carbocycles. The molecular formula is C20H29ClN2O. The molecule has 0 unspecified atom stereocenters. The van der Waals surface area contributed by atoms with Gasteiger partial charge >= 0.3 is 0 Å². The predicted octanol–water partition coefficient (Wildman–Crippen LogP) is 4.00. The van der Waals surface area contributed by atoms with Crippen molar-refractivity contribution in [3.8, 4) is 0 Å². The van der Waals surface area contributed by atoms with Gasteiger partial charge < -0.3 is 10.2 Å². The summed E-state index contributed by atoms with van der Waals surface area (Å²) in [6.07, 6.45) is 7.64. The van der Waals surface area contributed by atoms with Crippen LogP contribution >= 0.6 is 11.6 Å². The molecule has 0 spiro atoms. The van der Waals surface area contributed by atoms with Crippen molar-refractivity contribution in [3.05, 3.63) is 34.9 Å². The van der Waals surface area contributed by atoms with Crippen molar-refractivity contribution < 1.29 is 4.79 Å². The van der Waals surface area contributed by atoms with Gasteiger partial charge in [-0.1, -0.05) is 43.0 Å². The Kier molecular flexibility index (Phi) is 5.83. The molecule has 1 amide bonds. The number of likely N-dealkylation sites (tertiary alicyclic amines) is 1. The molecular weight excluding hydrogens is 320 g/mol. The van der Waals surface area contributed by atoms with Gasteiger partial charge in [-0.15, -0.1) is 0 Å². The van der Waals surface area contributed by atoms with Crippen LogP contribution in [0.2, 0.25) is 5.02 Å². The van der Waals surface area contributed by atoms with Gasteiger partial charge in [0.15, 0.2) is 0 Å². The molecule has 4 heteroatoms. The van der Waals surface area contributed by atoms with Gasteiger partial charge in [0.2, 0.25) is 5.91 Å². The number of carbonyl (C=O) groups is 1. The lowest BCUT2D eigenvalue weighted by Crippen LogP contribution is -2.51. The molecule has 2 aliphatic rings. The SMILES string of the molecule is CNCC1CCN(C(=O)C2(c3cccc(Cl)c3)CCCCC2)CC1. The van der Waals surface area contributed by atoms with Crippen molar-refractivity contribution >= 4 is 17.5 Å². The number of hydrogen-bond acceptors (Lipinski definition) is 2. The Bertz CT molecular complexity index is 561. The molecule has 0 atom stereocenters. The second-order valence-electron chi connectivity index (χ2n) is 7.45. The smallest absolute Gasteiger partial charge is 0.233 e. The van der Waals surface area contributed by atoms with Gasteiger partial charge in [-0.05, 0) is 62.9 Å². The lowest BCUT2D eigenvalue weighted by Gasteiger charge is -2.42. The molecule has 1 aromatic rings. The second-order valence-corrected chi connectivity index (χ2v) is 7.88. The van der Waals surface area contributed by atoms with E-state index in [2.05, 4.69) is 16.3 Å². The summed E-state index contributed by atoms with van der Waals surface area (Å²) in [5.74, 6) is 1.04. The van der Waals surface area contributed by atoms with E-state index >= 15 is 0 Å². The van der Waals surface area contributed by atoms with E-state index in [0.29, 0.717) is 11.8 Å². The molecule has 1 heterocycles. The van der Waals surface area contributed by atoms with Crippen LogP contribution in [0.5, 0.6) is 0 Å². The van der Waals surface area contributed by atoms with Crippen LogP contribution in [0.3, 0.4) is 0 Å². The van der Waals surface area contributed by atoms with Crippen LogP contribution in [0.15, 0.2) is 24.3 Å². The summed E-state index contributed by atoms with van der Waals surface area (Å²) in [5, 5.41) is 4.00. The van der Waals surface area contributed by atoms with Gasteiger partial charge in [0, 0.05) is 18.1 Å². The highest BCUT2D eigenvalue weighted by Gasteiger charge is 2.44. The van der Waals surface area contributed by atoms with Gasteiger partial charge in [0.25, 0.3) is 0 Å². The maximum Gasteiger partial charge on any atom is 0.233 e. The zero-order valence-corrected chi connectivity index (χ0v) is 15.4. The van der Waals surface area contributed by atoms with E-state index in [-0.39, 0.29) is 5.41 Å². The summed E-state index contributed by atoms with van der Waals surface area (Å²) in [7, 11) is 2.01. The van der Waals surface area contributed by atoms with E-state index < -0.39 is 0 Å². The normalized spacial score (nSPS) is 21.7. The van der Waals surface area contributed by atoms with Crippen molar-refractivity contribution in [2.24, 2.45) is 5.92 Å². The Balaban J connectivity index is 1.80. The Labute approximate surface area is 150 Å². The predicted molar refractivity (Wildman–Crippen MR) is 99.4 cm³/mol. The molecule has 1 saturated carbocycles. The van der Waals surface area contributed by atoms with Gasteiger partial charge in [-0.25, -0.2) is 0 Å². The number of piperidine rings is 1. The molecule has 132 valence electrons. The van der Waals surface area contributed by atoms with Crippen molar-refractivity contribution in [1.29, 1.82) is 0 Å². The summed E-state index contributed by atoms with van der Waals surface area (Å²) < 4.78 is 0. The van der Waals surface area contributed by atoms with Crippen LogP contribution in [0.4, 0.5) is 0 Å². The van der Waals surface area contributed by atoms with Gasteiger partial charge in [0.1, 0.15) is 0 Å². The standard InChI is InChI=1S/C20H29ClN2O/c1-22-15-16-8-12-23(13-9-16)19(24)20(10-3-2-4-11-20)17-6-5-7-18(21)14-17/h5-7,14,16,22H,2-4,8-13,15H2,1H3. The van der Waals surface area contributed by atoms with Crippen molar-refractivity contribution in [1.82, 2.24) is 10.2 Å². The minimum Gasteiger partial charge on any atom is -0.342 e. The van der Waals surface area contributed by atoms with Crippen LogP contribution < -0.4 is 5.32 Å². The summed E-state index contributed by atoms with van der Waals surface area (Å²) >= 11 is 6.24. The zero-order chi connectivity index (χ0) is 17.0. The third-order valence-electron chi connectivity index (χ3n) is 5.89. The Morgan fingerprint density at radius 2 is 1.96 bits per heavy atom. The molecule has 1 aromatic carbocycles. The summed E-state index contributed by atoms with van der Waals surface area (Å²) in [5.41, 5.74) is 0.774. The van der Waals surface area contributed by atoms with E-state index in [1.807, 2.05) is 25.2 Å². The average molecular weight is 349 g/mol. The van der Waals surface area contributed by atoms with Crippen LogP contribution in [0.25, 0.3) is 0 Å². The lowest BCUT2D eigenvalue weighted by molar-refractivity contribution is -0.140. The highest BCUT2D eigenvalue weighted by atomic mass is 35.5. The second kappa shape index (κ2) is 7.88. The summed E-state index contributed by atoms with van der Waals surface area (Å²) in [4.78, 5) is 15.6. The highest BCUT2D eigenvalue weighted by molar-refractivity contribution is 6.30. The van der Waals surface area contributed by atoms with E-state index in [1.165, 1.54) is 6.42 Å². The molecule has 3 nitrogen and oxygen atoms in total. The molecule has 2 fully saturated rings. The monoisotopic (exact) mass is 348 g/mol. The first-order valence-electron chi connectivity index (χ1n) is 9.36. The van der Waals surface area contributed by atoms with E-state index in [0.717, 1.165) is 68.7 Å². The van der Waals surface area contributed by atoms with Gasteiger partial charge in [-0.2, -0.15) is 0 Å². The average Bonchev–Trinajstić information content (AvgIpc) is 2.63. The number of nitrogens with zero attached hydrogens (tertiary/aromatic N) is 1. The van der Waals surface area contributed by atoms with Crippen molar-refractivity contribution in [2.45, 2.75) is 50.4 Å². The summed E-state index contributed by atoms with van der Waals surface area (Å²) in [6, 6.07) is 8.00. The van der Waals surface area contributed by atoms with Crippen molar-refractivity contribution in [2.75, 3.05) is 26.7 Å². The topological polar surface area (TPSA) is 32.3 Å². The first-order valence-corrected chi connectivity index (χ1v) is 9.73. The molecule has 1 saturated heterocycles. The van der Waals surface area contributed by atoms with Crippen molar-refractivity contribution in [3.63, 3.8) is 0 Å². The fourth-order valence-electron chi connectivity index (χ4n) is 4.50. The number of halogens is 1. The quantitative estimate of drug-likeness (QED) is 0.892. The van der Waals surface area contributed by atoms with Gasteiger partial charge in [0.05, 0.1) is 5.41 Å². The zero-order valence-electron chi connectivity index (χ0n) is 14.7. The van der Waals surface area contributed by atoms with Gasteiger partial charge in [-0.3, -0.25) is 4.79 Å². The largest absolute Gasteiger partial charge is 0.342 e.